The first-order valence-electron chi connectivity index (χ1n) is 11.1. The first-order valence-corrected chi connectivity index (χ1v) is 11.1. The van der Waals surface area contributed by atoms with Crippen LogP contribution in [0, 0.1) is 12.7 Å². The molecule has 1 fully saturated rings. The van der Waals surface area contributed by atoms with E-state index in [1.165, 1.54) is 12.1 Å². The zero-order chi connectivity index (χ0) is 22.9. The molecule has 8 heteroatoms. The van der Waals surface area contributed by atoms with Gasteiger partial charge in [-0.05, 0) is 56.0 Å². The molecule has 0 unspecified atom stereocenters. The smallest absolute Gasteiger partial charge is 0.254 e. The highest BCUT2D eigenvalue weighted by atomic mass is 19.1. The lowest BCUT2D eigenvalue weighted by Crippen LogP contribution is -2.37. The van der Waals surface area contributed by atoms with Crippen molar-refractivity contribution in [3.63, 3.8) is 0 Å². The fourth-order valence-corrected chi connectivity index (χ4v) is 4.63. The van der Waals surface area contributed by atoms with Crippen LogP contribution in [0.1, 0.15) is 58.3 Å². The van der Waals surface area contributed by atoms with Crippen LogP contribution in [0.3, 0.4) is 0 Å². The summed E-state index contributed by atoms with van der Waals surface area (Å²) in [7, 11) is 0. The Bertz CT molecular complexity index is 1200. The lowest BCUT2D eigenvalue weighted by molar-refractivity contribution is -0.119. The Morgan fingerprint density at radius 3 is 2.61 bits per heavy atom. The second-order valence-corrected chi connectivity index (χ2v) is 8.47. The Morgan fingerprint density at radius 2 is 1.85 bits per heavy atom. The number of hydrogen-bond donors (Lipinski definition) is 0. The number of likely N-dealkylation sites (tertiary alicyclic amines) is 1. The topological polar surface area (TPSA) is 79.3 Å². The lowest BCUT2D eigenvalue weighted by atomic mass is 10.0. The van der Waals surface area contributed by atoms with Gasteiger partial charge in [0.2, 0.25) is 5.91 Å². The molecule has 4 heterocycles. The van der Waals surface area contributed by atoms with E-state index in [0.717, 1.165) is 29.7 Å². The summed E-state index contributed by atoms with van der Waals surface area (Å²) >= 11 is 0. The Kier molecular flexibility index (Phi) is 5.58. The van der Waals surface area contributed by atoms with Crippen molar-refractivity contribution in [2.24, 2.45) is 0 Å². The number of aryl methyl sites for hydroxylation is 1. The summed E-state index contributed by atoms with van der Waals surface area (Å²) < 4.78 is 13.3. The number of fused-ring (bicyclic) bond motifs is 1. The first kappa shape index (κ1) is 21.2. The molecular formula is C25H24FN5O2. The molecular weight excluding hydrogens is 421 g/mol. The number of carbonyl (C=O) groups excluding carboxylic acids is 2. The number of amides is 2. The third-order valence-corrected chi connectivity index (χ3v) is 6.35. The maximum absolute atomic E-state index is 13.3. The fraction of sp³-hybridized carbons (Fsp3) is 0.320. The van der Waals surface area contributed by atoms with Crippen LogP contribution >= 0.6 is 0 Å². The second-order valence-electron chi connectivity index (χ2n) is 8.47. The monoisotopic (exact) mass is 445 g/mol. The van der Waals surface area contributed by atoms with Crippen LogP contribution in [-0.2, 0) is 17.8 Å². The third-order valence-electron chi connectivity index (χ3n) is 6.35. The van der Waals surface area contributed by atoms with Gasteiger partial charge in [-0.3, -0.25) is 19.5 Å². The highest BCUT2D eigenvalue weighted by Gasteiger charge is 2.35. The molecule has 2 aliphatic rings. The van der Waals surface area contributed by atoms with Crippen LogP contribution in [-0.4, -0.2) is 38.2 Å². The number of hydrogen-bond acceptors (Lipinski definition) is 5. The maximum atomic E-state index is 13.3. The van der Waals surface area contributed by atoms with Crippen LogP contribution in [0.5, 0.6) is 0 Å². The van der Waals surface area contributed by atoms with Gasteiger partial charge in [0.25, 0.3) is 5.91 Å². The Labute approximate surface area is 191 Å². The van der Waals surface area contributed by atoms with E-state index in [4.69, 9.17) is 9.97 Å². The first-order chi connectivity index (χ1) is 16.0. The third kappa shape index (κ3) is 4.08. The predicted molar refractivity (Wildman–Crippen MR) is 120 cm³/mol. The maximum Gasteiger partial charge on any atom is 0.254 e. The number of aromatic nitrogens is 3. The average molecular weight is 445 g/mol. The molecule has 2 aromatic heterocycles. The summed E-state index contributed by atoms with van der Waals surface area (Å²) in [6, 6.07) is 9.31. The van der Waals surface area contributed by atoms with E-state index in [0.29, 0.717) is 43.1 Å². The molecule has 5 rings (SSSR count). The van der Waals surface area contributed by atoms with E-state index in [9.17, 15) is 14.0 Å². The summed E-state index contributed by atoms with van der Waals surface area (Å²) in [4.78, 5) is 43.1. The molecule has 2 amide bonds. The van der Waals surface area contributed by atoms with E-state index in [1.807, 2.05) is 11.8 Å². The molecule has 2 aliphatic heterocycles. The summed E-state index contributed by atoms with van der Waals surface area (Å²) in [6.45, 7) is 2.87. The molecule has 1 saturated heterocycles. The van der Waals surface area contributed by atoms with Gasteiger partial charge in [-0.1, -0.05) is 12.1 Å². The summed E-state index contributed by atoms with van der Waals surface area (Å²) in [5, 5.41) is 0. The SMILES string of the molecule is Cc1nc([C@@H]2CCCN2C(=O)c2ccncc2)nc2c1CCC(=O)N2Cc1ccc(F)cc1. The van der Waals surface area contributed by atoms with E-state index in [-0.39, 0.29) is 23.7 Å². The Morgan fingerprint density at radius 1 is 1.09 bits per heavy atom. The quantitative estimate of drug-likeness (QED) is 0.611. The zero-order valence-electron chi connectivity index (χ0n) is 18.4. The molecule has 3 aromatic rings. The van der Waals surface area contributed by atoms with Crippen LogP contribution in [0.2, 0.25) is 0 Å². The van der Waals surface area contributed by atoms with Gasteiger partial charge < -0.3 is 4.90 Å². The van der Waals surface area contributed by atoms with Gasteiger partial charge >= 0.3 is 0 Å². The molecule has 0 bridgehead atoms. The van der Waals surface area contributed by atoms with Crippen molar-refractivity contribution >= 4 is 17.6 Å². The number of nitrogens with zero attached hydrogens (tertiary/aromatic N) is 5. The molecule has 7 nitrogen and oxygen atoms in total. The van der Waals surface area contributed by atoms with Crippen molar-refractivity contribution in [1.29, 1.82) is 0 Å². The highest BCUT2D eigenvalue weighted by Crippen LogP contribution is 2.35. The standard InChI is InChI=1S/C25H24FN5O2/c1-16-20-8-9-22(32)31(15-17-4-6-19(26)7-5-17)24(20)29-23(28-16)21-3-2-14-30(21)25(33)18-10-12-27-13-11-18/h4-7,10-13,21H,2-3,8-9,14-15H2,1H3/t21-/m0/s1. The summed E-state index contributed by atoms with van der Waals surface area (Å²) in [5.74, 6) is 0.751. The van der Waals surface area contributed by atoms with Crippen molar-refractivity contribution in [3.8, 4) is 0 Å². The van der Waals surface area contributed by atoms with Crippen LogP contribution < -0.4 is 4.90 Å². The number of benzene rings is 1. The molecule has 0 aliphatic carbocycles. The van der Waals surface area contributed by atoms with E-state index >= 15 is 0 Å². The van der Waals surface area contributed by atoms with Gasteiger partial charge in [0.15, 0.2) is 5.82 Å². The molecule has 1 aromatic carbocycles. The Balaban J connectivity index is 1.49. The molecule has 33 heavy (non-hydrogen) atoms. The molecule has 0 spiro atoms. The van der Waals surface area contributed by atoms with Gasteiger partial charge in [0.05, 0.1) is 12.6 Å². The molecule has 1 atom stereocenters. The van der Waals surface area contributed by atoms with Gasteiger partial charge in [-0.15, -0.1) is 0 Å². The van der Waals surface area contributed by atoms with Crippen molar-refractivity contribution in [2.75, 3.05) is 11.4 Å². The zero-order valence-corrected chi connectivity index (χ0v) is 18.4. The normalized spacial score (nSPS) is 17.9. The second kappa shape index (κ2) is 8.69. The van der Waals surface area contributed by atoms with Gasteiger partial charge in [0.1, 0.15) is 11.6 Å². The van der Waals surface area contributed by atoms with Crippen molar-refractivity contribution in [2.45, 2.75) is 45.2 Å². The molecule has 168 valence electrons. The van der Waals surface area contributed by atoms with Gasteiger partial charge in [-0.25, -0.2) is 14.4 Å². The lowest BCUT2D eigenvalue weighted by Gasteiger charge is -2.31. The van der Waals surface area contributed by atoms with Crippen molar-refractivity contribution in [1.82, 2.24) is 19.9 Å². The number of carbonyl (C=O) groups is 2. The fourth-order valence-electron chi connectivity index (χ4n) is 4.63. The average Bonchev–Trinajstić information content (AvgIpc) is 3.32. The minimum Gasteiger partial charge on any atom is -0.328 e. The van der Waals surface area contributed by atoms with E-state index in [1.54, 1.807) is 41.6 Å². The van der Waals surface area contributed by atoms with Crippen LogP contribution in [0.25, 0.3) is 0 Å². The van der Waals surface area contributed by atoms with E-state index in [2.05, 4.69) is 4.98 Å². The van der Waals surface area contributed by atoms with E-state index < -0.39 is 0 Å². The van der Waals surface area contributed by atoms with Gasteiger partial charge in [0, 0.05) is 42.2 Å². The van der Waals surface area contributed by atoms with Gasteiger partial charge in [-0.2, -0.15) is 0 Å². The highest BCUT2D eigenvalue weighted by molar-refractivity contribution is 5.96. The summed E-state index contributed by atoms with van der Waals surface area (Å²) in [5.41, 5.74) is 3.19. The van der Waals surface area contributed by atoms with Crippen LogP contribution in [0.4, 0.5) is 10.2 Å². The molecule has 0 N–H and O–H groups in total. The van der Waals surface area contributed by atoms with Crippen molar-refractivity contribution < 1.29 is 14.0 Å². The summed E-state index contributed by atoms with van der Waals surface area (Å²) in [6.07, 6.45) is 5.81. The molecule has 0 radical (unpaired) electrons. The predicted octanol–water partition coefficient (Wildman–Crippen LogP) is 3.78. The Hall–Kier alpha value is -3.68. The van der Waals surface area contributed by atoms with Crippen LogP contribution in [0.15, 0.2) is 48.8 Å². The number of halogens is 1. The number of rotatable bonds is 4. The minimum atomic E-state index is -0.315. The van der Waals surface area contributed by atoms with Crippen molar-refractivity contribution in [3.05, 3.63) is 82.8 Å². The largest absolute Gasteiger partial charge is 0.328 e. The minimum absolute atomic E-state index is 0.0213. The molecule has 0 saturated carbocycles. The number of pyridine rings is 1. The number of anilines is 1.